The number of hydrogen-bond acceptors (Lipinski definition) is 4. The minimum atomic E-state index is 0.299. The van der Waals surface area contributed by atoms with Crippen LogP contribution in [0.4, 0.5) is 0 Å². The molecule has 0 amide bonds. The lowest BCUT2D eigenvalue weighted by atomic mass is 10.2. The molecule has 15 heavy (non-hydrogen) atoms. The third-order valence-electron chi connectivity index (χ3n) is 2.25. The van der Waals surface area contributed by atoms with E-state index in [-0.39, 0.29) is 0 Å². The molecule has 3 N–H and O–H groups in total. The van der Waals surface area contributed by atoms with Crippen LogP contribution in [-0.2, 0) is 6.42 Å². The third-order valence-corrected chi connectivity index (χ3v) is 3.27. The molecule has 0 spiro atoms. The number of nitrogens with zero attached hydrogens (tertiary/aromatic N) is 1. The molecular formula is C11H21N3S. The highest BCUT2D eigenvalue weighted by Crippen LogP contribution is 2.08. The first-order valence-corrected chi connectivity index (χ1v) is 6.47. The number of aryl methyl sites for hydroxylation is 1. The second kappa shape index (κ2) is 6.93. The number of rotatable bonds is 7. The van der Waals surface area contributed by atoms with E-state index < -0.39 is 0 Å². The Morgan fingerprint density at radius 2 is 2.40 bits per heavy atom. The van der Waals surface area contributed by atoms with Crippen LogP contribution in [0.3, 0.4) is 0 Å². The Bertz CT molecular complexity index is 273. The zero-order valence-electron chi connectivity index (χ0n) is 9.62. The van der Waals surface area contributed by atoms with Crippen molar-refractivity contribution in [1.29, 1.82) is 0 Å². The summed E-state index contributed by atoms with van der Waals surface area (Å²) >= 11 is 1.74. The van der Waals surface area contributed by atoms with Crippen LogP contribution in [0.25, 0.3) is 0 Å². The van der Waals surface area contributed by atoms with Gasteiger partial charge in [0.15, 0.2) is 0 Å². The van der Waals surface area contributed by atoms with Gasteiger partial charge in [-0.1, -0.05) is 13.3 Å². The molecule has 3 nitrogen and oxygen atoms in total. The highest BCUT2D eigenvalue weighted by molar-refractivity contribution is 7.09. The van der Waals surface area contributed by atoms with Crippen molar-refractivity contribution in [3.05, 3.63) is 16.1 Å². The Balaban J connectivity index is 2.06. The second-order valence-electron chi connectivity index (χ2n) is 3.89. The van der Waals surface area contributed by atoms with Crippen molar-refractivity contribution in [2.45, 2.75) is 39.2 Å². The number of thiazole rings is 1. The molecule has 0 bridgehead atoms. The van der Waals surface area contributed by atoms with E-state index in [1.807, 2.05) is 6.92 Å². The lowest BCUT2D eigenvalue weighted by molar-refractivity contribution is 0.540. The fraction of sp³-hybridized carbons (Fsp3) is 0.727. The molecule has 0 aliphatic rings. The summed E-state index contributed by atoms with van der Waals surface area (Å²) in [6.45, 7) is 6.09. The van der Waals surface area contributed by atoms with E-state index >= 15 is 0 Å². The number of hydrogen-bond donors (Lipinski definition) is 2. The van der Waals surface area contributed by atoms with Crippen LogP contribution >= 0.6 is 11.3 Å². The van der Waals surface area contributed by atoms with Crippen molar-refractivity contribution >= 4 is 11.3 Å². The van der Waals surface area contributed by atoms with Gasteiger partial charge in [0.05, 0.1) is 5.01 Å². The molecule has 0 fully saturated rings. The quantitative estimate of drug-likeness (QED) is 0.697. The van der Waals surface area contributed by atoms with Gasteiger partial charge in [0.2, 0.25) is 0 Å². The summed E-state index contributed by atoms with van der Waals surface area (Å²) < 4.78 is 0. The van der Waals surface area contributed by atoms with Gasteiger partial charge in [-0.3, -0.25) is 0 Å². The summed E-state index contributed by atoms with van der Waals surface area (Å²) in [5.41, 5.74) is 7.02. The van der Waals surface area contributed by atoms with Crippen LogP contribution in [0.5, 0.6) is 0 Å². The van der Waals surface area contributed by atoms with Crippen LogP contribution in [0.2, 0.25) is 0 Å². The highest BCUT2D eigenvalue weighted by Gasteiger charge is 2.01. The molecule has 86 valence electrons. The molecule has 0 saturated carbocycles. The Kier molecular flexibility index (Phi) is 5.83. The maximum absolute atomic E-state index is 5.89. The monoisotopic (exact) mass is 227 g/mol. The topological polar surface area (TPSA) is 50.9 Å². The Morgan fingerprint density at radius 3 is 3.00 bits per heavy atom. The van der Waals surface area contributed by atoms with Crippen LogP contribution < -0.4 is 11.1 Å². The van der Waals surface area contributed by atoms with Gasteiger partial charge in [-0.05, 0) is 13.3 Å². The van der Waals surface area contributed by atoms with Gasteiger partial charge in [-0.25, -0.2) is 4.98 Å². The van der Waals surface area contributed by atoms with Gasteiger partial charge in [-0.2, -0.15) is 0 Å². The molecule has 1 aromatic heterocycles. The van der Waals surface area contributed by atoms with Gasteiger partial charge in [0.1, 0.15) is 0 Å². The lowest BCUT2D eigenvalue weighted by Gasteiger charge is -2.10. The summed E-state index contributed by atoms with van der Waals surface area (Å²) in [4.78, 5) is 4.41. The summed E-state index contributed by atoms with van der Waals surface area (Å²) in [7, 11) is 0. The normalized spacial score (nSPS) is 13.0. The van der Waals surface area contributed by atoms with E-state index in [0.29, 0.717) is 6.04 Å². The van der Waals surface area contributed by atoms with E-state index in [0.717, 1.165) is 38.0 Å². The van der Waals surface area contributed by atoms with Crippen LogP contribution in [0, 0.1) is 6.92 Å². The molecule has 1 rings (SSSR count). The molecule has 0 saturated heterocycles. The molecule has 0 aliphatic carbocycles. The third kappa shape index (κ3) is 5.25. The molecule has 0 aromatic carbocycles. The lowest BCUT2D eigenvalue weighted by Crippen LogP contribution is -2.34. The van der Waals surface area contributed by atoms with Gasteiger partial charge in [0.25, 0.3) is 0 Å². The highest BCUT2D eigenvalue weighted by atomic mass is 32.1. The van der Waals surface area contributed by atoms with Crippen molar-refractivity contribution in [1.82, 2.24) is 10.3 Å². The smallest absolute Gasteiger partial charge is 0.0940 e. The predicted octanol–water partition coefficient (Wildman–Crippen LogP) is 1.71. The molecule has 1 aromatic rings. The average Bonchev–Trinajstić information content (AvgIpc) is 2.60. The molecule has 1 atom stereocenters. The maximum atomic E-state index is 5.89. The predicted molar refractivity (Wildman–Crippen MR) is 66.3 cm³/mol. The molecule has 1 unspecified atom stereocenters. The molecule has 4 heteroatoms. The SMILES string of the molecule is CCCC(N)CNCCc1nc(C)cs1. The van der Waals surface area contributed by atoms with Crippen LogP contribution in [0.1, 0.15) is 30.5 Å². The Morgan fingerprint density at radius 1 is 1.60 bits per heavy atom. The fourth-order valence-electron chi connectivity index (χ4n) is 1.47. The van der Waals surface area contributed by atoms with Crippen molar-refractivity contribution in [3.8, 4) is 0 Å². The second-order valence-corrected chi connectivity index (χ2v) is 4.83. The summed E-state index contributed by atoms with van der Waals surface area (Å²) in [6.07, 6.45) is 3.27. The standard InChI is InChI=1S/C11H21N3S/c1-3-4-10(12)7-13-6-5-11-14-9(2)8-15-11/h8,10,13H,3-7,12H2,1-2H3. The largest absolute Gasteiger partial charge is 0.327 e. The number of aromatic nitrogens is 1. The average molecular weight is 227 g/mol. The van der Waals surface area contributed by atoms with Gasteiger partial charge in [-0.15, -0.1) is 11.3 Å². The van der Waals surface area contributed by atoms with Gasteiger partial charge < -0.3 is 11.1 Å². The van der Waals surface area contributed by atoms with E-state index in [2.05, 4.69) is 22.6 Å². The van der Waals surface area contributed by atoms with Crippen molar-refractivity contribution in [2.75, 3.05) is 13.1 Å². The van der Waals surface area contributed by atoms with Crippen LogP contribution in [-0.4, -0.2) is 24.1 Å². The maximum Gasteiger partial charge on any atom is 0.0940 e. The minimum Gasteiger partial charge on any atom is -0.327 e. The molecule has 1 heterocycles. The number of nitrogens with two attached hydrogens (primary N) is 1. The first kappa shape index (κ1) is 12.6. The zero-order valence-corrected chi connectivity index (χ0v) is 10.4. The van der Waals surface area contributed by atoms with Gasteiger partial charge in [0, 0.05) is 36.6 Å². The molecule has 0 aliphatic heterocycles. The fourth-order valence-corrected chi connectivity index (χ4v) is 2.25. The van der Waals surface area contributed by atoms with Crippen LogP contribution in [0.15, 0.2) is 5.38 Å². The first-order valence-electron chi connectivity index (χ1n) is 5.59. The summed E-state index contributed by atoms with van der Waals surface area (Å²) in [6, 6.07) is 0.299. The number of nitrogens with one attached hydrogen (secondary N) is 1. The van der Waals surface area contributed by atoms with E-state index in [1.165, 1.54) is 5.01 Å². The van der Waals surface area contributed by atoms with Crippen molar-refractivity contribution in [2.24, 2.45) is 5.73 Å². The Hall–Kier alpha value is -0.450. The molecular weight excluding hydrogens is 206 g/mol. The van der Waals surface area contributed by atoms with Crippen molar-refractivity contribution < 1.29 is 0 Å². The minimum absolute atomic E-state index is 0.299. The van der Waals surface area contributed by atoms with E-state index in [9.17, 15) is 0 Å². The van der Waals surface area contributed by atoms with Gasteiger partial charge >= 0.3 is 0 Å². The summed E-state index contributed by atoms with van der Waals surface area (Å²) in [5, 5.41) is 6.68. The molecule has 0 radical (unpaired) electrons. The first-order chi connectivity index (χ1) is 7.22. The van der Waals surface area contributed by atoms with Crippen molar-refractivity contribution in [3.63, 3.8) is 0 Å². The zero-order chi connectivity index (χ0) is 11.1. The summed E-state index contributed by atoms with van der Waals surface area (Å²) in [5.74, 6) is 0. The Labute approximate surface area is 96.1 Å². The van der Waals surface area contributed by atoms with E-state index in [1.54, 1.807) is 11.3 Å². The van der Waals surface area contributed by atoms with E-state index in [4.69, 9.17) is 5.73 Å².